The van der Waals surface area contributed by atoms with Gasteiger partial charge < -0.3 is 9.47 Å². The zero-order chi connectivity index (χ0) is 17.8. The van der Waals surface area contributed by atoms with E-state index in [0.717, 1.165) is 35.9 Å². The Kier molecular flexibility index (Phi) is 6.22. The third-order valence-corrected chi connectivity index (χ3v) is 5.87. The van der Waals surface area contributed by atoms with Crippen molar-refractivity contribution in [2.75, 3.05) is 32.8 Å². The molecule has 3 rings (SSSR count). The van der Waals surface area contributed by atoms with E-state index >= 15 is 0 Å². The smallest absolute Gasteiger partial charge is 0.350 e. The Labute approximate surface area is 156 Å². The van der Waals surface area contributed by atoms with Crippen LogP contribution >= 0.6 is 22.7 Å². The molecule has 0 aliphatic carbocycles. The molecule has 0 saturated carbocycles. The Bertz CT molecular complexity index is 697. The highest BCUT2D eigenvalue weighted by Gasteiger charge is 2.24. The molecule has 5 nitrogen and oxygen atoms in total. The molecule has 3 heterocycles. The number of rotatable bonds is 6. The number of thiazole rings is 1. The van der Waals surface area contributed by atoms with Crippen LogP contribution in [0.25, 0.3) is 10.6 Å². The van der Waals surface area contributed by atoms with Crippen LogP contribution < -0.4 is 0 Å². The predicted octanol–water partition coefficient (Wildman–Crippen LogP) is 3.69. The maximum absolute atomic E-state index is 12.4. The van der Waals surface area contributed by atoms with Crippen LogP contribution in [-0.4, -0.2) is 54.8 Å². The Morgan fingerprint density at radius 2 is 2.36 bits per heavy atom. The average Bonchev–Trinajstić information content (AvgIpc) is 3.21. The zero-order valence-corrected chi connectivity index (χ0v) is 16.5. The minimum Gasteiger partial charge on any atom is -0.459 e. The first-order valence-corrected chi connectivity index (χ1v) is 10.3. The van der Waals surface area contributed by atoms with Gasteiger partial charge in [-0.05, 0) is 24.3 Å². The second kappa shape index (κ2) is 8.40. The molecule has 1 fully saturated rings. The number of hydrogen-bond acceptors (Lipinski definition) is 7. The summed E-state index contributed by atoms with van der Waals surface area (Å²) in [6.07, 6.45) is -0.0546. The Morgan fingerprint density at radius 3 is 3.08 bits per heavy atom. The predicted molar refractivity (Wildman–Crippen MR) is 101 cm³/mol. The summed E-state index contributed by atoms with van der Waals surface area (Å²) in [4.78, 5) is 19.9. The van der Waals surface area contributed by atoms with Crippen molar-refractivity contribution in [3.8, 4) is 10.6 Å². The fraction of sp³-hybridized carbons (Fsp3) is 0.556. The number of nitrogens with zero attached hydrogens (tertiary/aromatic N) is 2. The van der Waals surface area contributed by atoms with E-state index < -0.39 is 0 Å². The molecule has 1 unspecified atom stereocenters. The maximum atomic E-state index is 12.4. The van der Waals surface area contributed by atoms with E-state index in [4.69, 9.17) is 9.47 Å². The molecule has 1 atom stereocenters. The molecule has 0 aromatic carbocycles. The molecule has 0 radical (unpaired) electrons. The Morgan fingerprint density at radius 1 is 1.52 bits per heavy atom. The summed E-state index contributed by atoms with van der Waals surface area (Å²) in [5.74, 6) is 0.317. The second-order valence-corrected chi connectivity index (χ2v) is 8.47. The first-order valence-electron chi connectivity index (χ1n) is 8.54. The summed E-state index contributed by atoms with van der Waals surface area (Å²) in [5.41, 5.74) is 1.78. The molecule has 0 bridgehead atoms. The summed E-state index contributed by atoms with van der Waals surface area (Å²) in [6.45, 7) is 10.1. The molecule has 0 spiro atoms. The molecular formula is C18H24N2O3S2. The van der Waals surface area contributed by atoms with Gasteiger partial charge in [0.1, 0.15) is 22.6 Å². The van der Waals surface area contributed by atoms with E-state index in [1.165, 1.54) is 11.3 Å². The standard InChI is InChI=1S/C18H24N2O3S2/c1-12(2)8-20-5-6-22-15(9-20)10-23-18(21)16-13(3)19-17(25-16)14-4-7-24-11-14/h4,7,11-12,15H,5-6,8-10H2,1-3H3. The normalized spacial score (nSPS) is 18.6. The molecule has 0 amide bonds. The summed E-state index contributed by atoms with van der Waals surface area (Å²) < 4.78 is 11.3. The van der Waals surface area contributed by atoms with Gasteiger partial charge in [0.25, 0.3) is 0 Å². The van der Waals surface area contributed by atoms with E-state index in [9.17, 15) is 4.79 Å². The van der Waals surface area contributed by atoms with Gasteiger partial charge in [0.15, 0.2) is 0 Å². The number of aromatic nitrogens is 1. The quantitative estimate of drug-likeness (QED) is 0.716. The van der Waals surface area contributed by atoms with Gasteiger partial charge in [-0.25, -0.2) is 9.78 Å². The largest absolute Gasteiger partial charge is 0.459 e. The molecule has 1 aliphatic rings. The third-order valence-electron chi connectivity index (χ3n) is 4.00. The number of thiophene rings is 1. The number of esters is 1. The van der Waals surface area contributed by atoms with Crippen LogP contribution in [-0.2, 0) is 9.47 Å². The van der Waals surface area contributed by atoms with Crippen LogP contribution in [0, 0.1) is 12.8 Å². The lowest BCUT2D eigenvalue weighted by Gasteiger charge is -2.33. The van der Waals surface area contributed by atoms with E-state index in [-0.39, 0.29) is 12.1 Å². The van der Waals surface area contributed by atoms with Crippen LogP contribution in [0.5, 0.6) is 0 Å². The Balaban J connectivity index is 1.56. The summed E-state index contributed by atoms with van der Waals surface area (Å²) in [5, 5.41) is 4.91. The third kappa shape index (κ3) is 4.88. The number of carbonyl (C=O) groups excluding carboxylic acids is 1. The lowest BCUT2D eigenvalue weighted by molar-refractivity contribution is -0.0611. The van der Waals surface area contributed by atoms with Gasteiger partial charge in [0, 0.05) is 30.6 Å². The van der Waals surface area contributed by atoms with Crippen molar-refractivity contribution in [1.29, 1.82) is 0 Å². The highest BCUT2D eigenvalue weighted by molar-refractivity contribution is 7.17. The van der Waals surface area contributed by atoms with Crippen molar-refractivity contribution in [1.82, 2.24) is 9.88 Å². The first kappa shape index (κ1) is 18.5. The van der Waals surface area contributed by atoms with Crippen molar-refractivity contribution in [3.05, 3.63) is 27.4 Å². The average molecular weight is 381 g/mol. The van der Waals surface area contributed by atoms with Crippen molar-refractivity contribution >= 4 is 28.6 Å². The number of ether oxygens (including phenoxy) is 2. The Hall–Kier alpha value is -1.28. The van der Waals surface area contributed by atoms with Gasteiger partial charge in [0.05, 0.1) is 12.3 Å². The minimum atomic E-state index is -0.305. The van der Waals surface area contributed by atoms with Crippen molar-refractivity contribution in [3.63, 3.8) is 0 Å². The van der Waals surface area contributed by atoms with E-state index in [0.29, 0.717) is 24.0 Å². The molecular weight excluding hydrogens is 356 g/mol. The van der Waals surface area contributed by atoms with Gasteiger partial charge in [-0.15, -0.1) is 11.3 Å². The first-order chi connectivity index (χ1) is 12.0. The molecule has 2 aromatic rings. The maximum Gasteiger partial charge on any atom is 0.350 e. The fourth-order valence-corrected chi connectivity index (χ4v) is 4.56. The molecule has 1 saturated heterocycles. The van der Waals surface area contributed by atoms with E-state index in [2.05, 4.69) is 23.7 Å². The van der Waals surface area contributed by atoms with Gasteiger partial charge >= 0.3 is 5.97 Å². The lowest BCUT2D eigenvalue weighted by atomic mass is 10.2. The summed E-state index contributed by atoms with van der Waals surface area (Å²) >= 11 is 3.01. The summed E-state index contributed by atoms with van der Waals surface area (Å²) in [6, 6.07) is 2.01. The van der Waals surface area contributed by atoms with Gasteiger partial charge in [0.2, 0.25) is 0 Å². The van der Waals surface area contributed by atoms with Crippen LogP contribution in [0.4, 0.5) is 0 Å². The van der Waals surface area contributed by atoms with E-state index in [1.54, 1.807) is 11.3 Å². The van der Waals surface area contributed by atoms with Gasteiger partial charge in [-0.3, -0.25) is 4.90 Å². The van der Waals surface area contributed by atoms with Crippen LogP contribution in [0.2, 0.25) is 0 Å². The number of hydrogen-bond donors (Lipinski definition) is 0. The van der Waals surface area contributed by atoms with Crippen LogP contribution in [0.15, 0.2) is 16.8 Å². The van der Waals surface area contributed by atoms with Gasteiger partial charge in [-0.1, -0.05) is 13.8 Å². The lowest BCUT2D eigenvalue weighted by Crippen LogP contribution is -2.45. The zero-order valence-electron chi connectivity index (χ0n) is 14.9. The number of carbonyl (C=O) groups is 1. The van der Waals surface area contributed by atoms with Crippen LogP contribution in [0.3, 0.4) is 0 Å². The molecule has 1 aliphatic heterocycles. The van der Waals surface area contributed by atoms with Crippen molar-refractivity contribution < 1.29 is 14.3 Å². The monoisotopic (exact) mass is 380 g/mol. The molecule has 0 N–H and O–H groups in total. The van der Waals surface area contributed by atoms with Crippen molar-refractivity contribution in [2.45, 2.75) is 26.9 Å². The minimum absolute atomic E-state index is 0.0546. The topological polar surface area (TPSA) is 51.7 Å². The van der Waals surface area contributed by atoms with Crippen LogP contribution in [0.1, 0.15) is 29.2 Å². The van der Waals surface area contributed by atoms with Gasteiger partial charge in [-0.2, -0.15) is 11.3 Å². The SMILES string of the molecule is Cc1nc(-c2ccsc2)sc1C(=O)OCC1CN(CC(C)C)CCO1. The number of morpholine rings is 1. The molecule has 136 valence electrons. The molecule has 25 heavy (non-hydrogen) atoms. The molecule has 2 aromatic heterocycles. The number of aryl methyl sites for hydroxylation is 1. The summed E-state index contributed by atoms with van der Waals surface area (Å²) in [7, 11) is 0. The van der Waals surface area contributed by atoms with Crippen molar-refractivity contribution in [2.24, 2.45) is 5.92 Å². The highest BCUT2D eigenvalue weighted by atomic mass is 32.1. The fourth-order valence-electron chi connectivity index (χ4n) is 2.89. The van der Waals surface area contributed by atoms with E-state index in [1.807, 2.05) is 23.8 Å². The highest BCUT2D eigenvalue weighted by Crippen LogP contribution is 2.29. The molecule has 7 heteroatoms. The second-order valence-electron chi connectivity index (χ2n) is 6.69.